The molecule has 0 radical (unpaired) electrons. The molecule has 1 N–H and O–H groups in total. The molecule has 0 amide bonds. The molecule has 0 atom stereocenters. The van der Waals surface area contributed by atoms with Crippen LogP contribution in [0.15, 0.2) is 48.7 Å². The Morgan fingerprint density at radius 2 is 1.85 bits per heavy atom. The van der Waals surface area contributed by atoms with Crippen molar-refractivity contribution in [2.75, 3.05) is 13.1 Å². The number of benzene rings is 2. The largest absolute Gasteiger partial charge is 0.508 e. The fourth-order valence-electron chi connectivity index (χ4n) is 3.56. The van der Waals surface area contributed by atoms with Gasteiger partial charge in [0, 0.05) is 12.6 Å². The highest BCUT2D eigenvalue weighted by Gasteiger charge is 2.21. The normalized spacial score (nSPS) is 15.9. The zero-order valence-corrected chi connectivity index (χ0v) is 14.7. The van der Waals surface area contributed by atoms with E-state index in [0.717, 1.165) is 43.8 Å². The minimum Gasteiger partial charge on any atom is -0.508 e. The quantitative estimate of drug-likeness (QED) is 0.762. The van der Waals surface area contributed by atoms with E-state index in [2.05, 4.69) is 21.3 Å². The highest BCUT2D eigenvalue weighted by molar-refractivity contribution is 5.32. The lowest BCUT2D eigenvalue weighted by Crippen LogP contribution is -2.32. The van der Waals surface area contributed by atoms with E-state index < -0.39 is 11.6 Å². The number of phenols is 1. The third kappa shape index (κ3) is 3.98. The van der Waals surface area contributed by atoms with E-state index in [9.17, 15) is 13.9 Å². The molecule has 1 saturated heterocycles. The van der Waals surface area contributed by atoms with Crippen molar-refractivity contribution >= 4 is 0 Å². The predicted octanol–water partition coefficient (Wildman–Crippen LogP) is 3.63. The van der Waals surface area contributed by atoms with Gasteiger partial charge in [-0.1, -0.05) is 17.3 Å². The average molecular weight is 370 g/mol. The number of phenolic OH excluding ortho intramolecular Hbond substituents is 1. The van der Waals surface area contributed by atoms with Crippen LogP contribution >= 0.6 is 0 Å². The third-order valence-corrected chi connectivity index (χ3v) is 5.02. The second kappa shape index (κ2) is 7.44. The van der Waals surface area contributed by atoms with Crippen LogP contribution in [0.3, 0.4) is 0 Å². The second-order valence-electron chi connectivity index (χ2n) is 6.90. The Kier molecular flexibility index (Phi) is 4.85. The number of aromatic hydroxyl groups is 1. The van der Waals surface area contributed by atoms with E-state index in [1.807, 2.05) is 12.1 Å². The molecule has 3 aromatic rings. The highest BCUT2D eigenvalue weighted by atomic mass is 19.2. The van der Waals surface area contributed by atoms with Crippen molar-refractivity contribution in [3.8, 4) is 11.4 Å². The lowest BCUT2D eigenvalue weighted by molar-refractivity contribution is 0.202. The van der Waals surface area contributed by atoms with Gasteiger partial charge in [0.2, 0.25) is 0 Å². The molecule has 5 nitrogen and oxygen atoms in total. The average Bonchev–Trinajstić information content (AvgIpc) is 3.13. The molecule has 1 aliphatic rings. The number of piperidine rings is 1. The summed E-state index contributed by atoms with van der Waals surface area (Å²) in [6, 6.07) is 11.1. The fourth-order valence-corrected chi connectivity index (χ4v) is 3.56. The number of nitrogens with zero attached hydrogens (tertiary/aromatic N) is 4. The van der Waals surface area contributed by atoms with Crippen LogP contribution < -0.4 is 0 Å². The first-order chi connectivity index (χ1) is 13.1. The van der Waals surface area contributed by atoms with E-state index in [1.54, 1.807) is 12.3 Å². The van der Waals surface area contributed by atoms with Crippen molar-refractivity contribution < 1.29 is 13.9 Å². The smallest absolute Gasteiger partial charge is 0.160 e. The minimum absolute atomic E-state index is 0.309. The predicted molar refractivity (Wildman–Crippen MR) is 96.6 cm³/mol. The molecule has 0 unspecified atom stereocenters. The van der Waals surface area contributed by atoms with Crippen LogP contribution in [0.4, 0.5) is 8.78 Å². The first-order valence-electron chi connectivity index (χ1n) is 8.96. The summed E-state index contributed by atoms with van der Waals surface area (Å²) in [6.45, 7) is 2.52. The van der Waals surface area contributed by atoms with Gasteiger partial charge in [0.1, 0.15) is 5.75 Å². The van der Waals surface area contributed by atoms with Crippen molar-refractivity contribution in [1.82, 2.24) is 19.9 Å². The van der Waals surface area contributed by atoms with Crippen LogP contribution in [0.25, 0.3) is 5.69 Å². The Labute approximate surface area is 155 Å². The summed E-state index contributed by atoms with van der Waals surface area (Å²) < 4.78 is 27.9. The van der Waals surface area contributed by atoms with Crippen LogP contribution in [-0.4, -0.2) is 38.1 Å². The van der Waals surface area contributed by atoms with Gasteiger partial charge in [-0.3, -0.25) is 4.90 Å². The summed E-state index contributed by atoms with van der Waals surface area (Å²) in [5.74, 6) is -1.03. The standard InChI is InChI=1S/C20H20F2N4O/c21-19-5-4-17(11-20(19)22)26-13-16(23-24-26)12-25-8-6-14(7-9-25)15-2-1-3-18(27)10-15/h1-5,10-11,13-14,27H,6-9,12H2. The number of hydrogen-bond donors (Lipinski definition) is 1. The van der Waals surface area contributed by atoms with E-state index in [0.29, 0.717) is 23.9 Å². The topological polar surface area (TPSA) is 54.2 Å². The zero-order chi connectivity index (χ0) is 18.8. The molecule has 7 heteroatoms. The maximum atomic E-state index is 13.4. The Morgan fingerprint density at radius 1 is 1.04 bits per heavy atom. The van der Waals surface area contributed by atoms with Gasteiger partial charge >= 0.3 is 0 Å². The van der Waals surface area contributed by atoms with Gasteiger partial charge in [0.15, 0.2) is 11.6 Å². The zero-order valence-electron chi connectivity index (χ0n) is 14.7. The summed E-state index contributed by atoms with van der Waals surface area (Å²) in [4.78, 5) is 2.30. The number of likely N-dealkylation sites (tertiary alicyclic amines) is 1. The van der Waals surface area contributed by atoms with Gasteiger partial charge in [0.25, 0.3) is 0 Å². The van der Waals surface area contributed by atoms with Crippen LogP contribution in [-0.2, 0) is 6.54 Å². The first-order valence-corrected chi connectivity index (χ1v) is 8.96. The van der Waals surface area contributed by atoms with Crippen LogP contribution in [0.1, 0.15) is 30.0 Å². The minimum atomic E-state index is -0.904. The summed E-state index contributed by atoms with van der Waals surface area (Å²) in [5, 5.41) is 17.8. The van der Waals surface area contributed by atoms with Crippen molar-refractivity contribution in [1.29, 1.82) is 0 Å². The lowest BCUT2D eigenvalue weighted by Gasteiger charge is -2.31. The Hall–Kier alpha value is -2.80. The molecule has 0 aliphatic carbocycles. The Balaban J connectivity index is 1.37. The van der Waals surface area contributed by atoms with Crippen LogP contribution in [0.2, 0.25) is 0 Å². The van der Waals surface area contributed by atoms with Gasteiger partial charge in [-0.25, -0.2) is 13.5 Å². The fraction of sp³-hybridized carbons (Fsp3) is 0.300. The van der Waals surface area contributed by atoms with E-state index in [1.165, 1.54) is 16.3 Å². The van der Waals surface area contributed by atoms with Gasteiger partial charge < -0.3 is 5.11 Å². The molecule has 0 saturated carbocycles. The van der Waals surface area contributed by atoms with E-state index in [4.69, 9.17) is 0 Å². The monoisotopic (exact) mass is 370 g/mol. The second-order valence-corrected chi connectivity index (χ2v) is 6.90. The summed E-state index contributed by atoms with van der Waals surface area (Å²) in [7, 11) is 0. The van der Waals surface area contributed by atoms with E-state index >= 15 is 0 Å². The molecule has 4 rings (SSSR count). The molecule has 0 spiro atoms. The van der Waals surface area contributed by atoms with Crippen molar-refractivity contribution in [2.24, 2.45) is 0 Å². The van der Waals surface area contributed by atoms with Crippen molar-refractivity contribution in [3.05, 3.63) is 71.6 Å². The molecule has 2 heterocycles. The molecule has 27 heavy (non-hydrogen) atoms. The van der Waals surface area contributed by atoms with Gasteiger partial charge in [-0.05, 0) is 61.7 Å². The first kappa shape index (κ1) is 17.6. The molecule has 1 aliphatic heterocycles. The maximum absolute atomic E-state index is 13.4. The third-order valence-electron chi connectivity index (χ3n) is 5.02. The maximum Gasteiger partial charge on any atom is 0.160 e. The van der Waals surface area contributed by atoms with Gasteiger partial charge in [-0.2, -0.15) is 0 Å². The molecular formula is C20H20F2N4O. The summed E-state index contributed by atoms with van der Waals surface area (Å²) in [6.07, 6.45) is 3.77. The SMILES string of the molecule is Oc1cccc(C2CCN(Cc3cn(-c4ccc(F)c(F)c4)nn3)CC2)c1. The summed E-state index contributed by atoms with van der Waals surface area (Å²) in [5.41, 5.74) is 2.41. The van der Waals surface area contributed by atoms with Crippen molar-refractivity contribution in [3.63, 3.8) is 0 Å². The molecule has 0 bridgehead atoms. The van der Waals surface area contributed by atoms with Crippen LogP contribution in [0.5, 0.6) is 5.75 Å². The Morgan fingerprint density at radius 3 is 2.59 bits per heavy atom. The molecule has 1 aromatic heterocycles. The lowest BCUT2D eigenvalue weighted by atomic mass is 9.89. The van der Waals surface area contributed by atoms with Gasteiger partial charge in [-0.15, -0.1) is 5.10 Å². The Bertz CT molecular complexity index is 935. The number of halogens is 2. The van der Waals surface area contributed by atoms with Crippen molar-refractivity contribution in [2.45, 2.75) is 25.3 Å². The molecule has 140 valence electrons. The molecular weight excluding hydrogens is 350 g/mol. The van der Waals surface area contributed by atoms with Gasteiger partial charge in [0.05, 0.1) is 17.6 Å². The highest BCUT2D eigenvalue weighted by Crippen LogP contribution is 2.30. The van der Waals surface area contributed by atoms with Crippen LogP contribution in [0, 0.1) is 11.6 Å². The number of rotatable bonds is 4. The summed E-state index contributed by atoms with van der Waals surface area (Å²) >= 11 is 0. The molecule has 1 fully saturated rings. The molecule has 2 aromatic carbocycles. The van der Waals surface area contributed by atoms with E-state index in [-0.39, 0.29) is 0 Å². The number of aromatic nitrogens is 3. The number of hydrogen-bond acceptors (Lipinski definition) is 4.